The van der Waals surface area contributed by atoms with Crippen molar-refractivity contribution in [3.63, 3.8) is 0 Å². The average Bonchev–Trinajstić information content (AvgIpc) is 2.79. The van der Waals surface area contributed by atoms with E-state index in [1.54, 1.807) is 0 Å². The van der Waals surface area contributed by atoms with Crippen molar-refractivity contribution in [1.82, 2.24) is 5.32 Å². The van der Waals surface area contributed by atoms with Crippen molar-refractivity contribution >= 4 is 21.4 Å². The van der Waals surface area contributed by atoms with E-state index >= 15 is 0 Å². The van der Waals surface area contributed by atoms with Crippen LogP contribution in [0.2, 0.25) is 0 Å². The second-order valence-corrected chi connectivity index (χ2v) is 6.65. The molecule has 2 rings (SSSR count). The highest BCUT2D eigenvalue weighted by molar-refractivity contribution is 7.19. The van der Waals surface area contributed by atoms with Crippen molar-refractivity contribution in [1.29, 1.82) is 0 Å². The third-order valence-electron chi connectivity index (χ3n) is 3.76. The molecule has 0 bridgehead atoms. The maximum atomic E-state index is 3.65. The molecule has 1 aromatic heterocycles. The van der Waals surface area contributed by atoms with Gasteiger partial charge in [-0.05, 0) is 42.8 Å². The van der Waals surface area contributed by atoms with Gasteiger partial charge in [0.2, 0.25) is 0 Å². The first-order valence-electron chi connectivity index (χ1n) is 6.79. The average molecular weight is 261 g/mol. The van der Waals surface area contributed by atoms with Gasteiger partial charge < -0.3 is 5.32 Å². The van der Waals surface area contributed by atoms with Gasteiger partial charge in [0.25, 0.3) is 0 Å². The Balaban J connectivity index is 2.02. The van der Waals surface area contributed by atoms with Gasteiger partial charge in [-0.1, -0.05) is 39.0 Å². The molecule has 0 saturated carbocycles. The zero-order valence-corrected chi connectivity index (χ0v) is 12.6. The summed E-state index contributed by atoms with van der Waals surface area (Å²) in [5, 5.41) is 5.02. The molecule has 2 unspecified atom stereocenters. The first-order chi connectivity index (χ1) is 8.58. The van der Waals surface area contributed by atoms with Crippen LogP contribution in [-0.2, 0) is 0 Å². The van der Waals surface area contributed by atoms with Gasteiger partial charge in [-0.2, -0.15) is 0 Å². The summed E-state index contributed by atoms with van der Waals surface area (Å²) in [5.74, 6) is 1.47. The fourth-order valence-corrected chi connectivity index (χ4v) is 3.01. The van der Waals surface area contributed by atoms with Crippen LogP contribution in [-0.4, -0.2) is 6.54 Å². The third kappa shape index (κ3) is 3.12. The number of nitrogens with one attached hydrogen (secondary N) is 1. The van der Waals surface area contributed by atoms with Crippen LogP contribution in [0, 0.1) is 11.8 Å². The van der Waals surface area contributed by atoms with E-state index in [4.69, 9.17) is 0 Å². The second-order valence-electron chi connectivity index (χ2n) is 5.54. The molecule has 18 heavy (non-hydrogen) atoms. The van der Waals surface area contributed by atoms with Crippen molar-refractivity contribution in [3.05, 3.63) is 35.2 Å². The van der Waals surface area contributed by atoms with Gasteiger partial charge in [0.15, 0.2) is 0 Å². The maximum absolute atomic E-state index is 3.65. The summed E-state index contributed by atoms with van der Waals surface area (Å²) in [4.78, 5) is 1.44. The maximum Gasteiger partial charge on any atom is 0.0386 e. The lowest BCUT2D eigenvalue weighted by atomic mass is 9.98. The van der Waals surface area contributed by atoms with Crippen molar-refractivity contribution in [2.24, 2.45) is 11.8 Å². The molecule has 0 saturated heterocycles. The normalized spacial score (nSPS) is 15.2. The quantitative estimate of drug-likeness (QED) is 0.811. The summed E-state index contributed by atoms with van der Waals surface area (Å²) in [5.41, 5.74) is 0. The van der Waals surface area contributed by atoms with Gasteiger partial charge in [-0.3, -0.25) is 0 Å². The van der Waals surface area contributed by atoms with Gasteiger partial charge in [0.05, 0.1) is 0 Å². The second kappa shape index (κ2) is 5.85. The molecule has 1 aromatic carbocycles. The SMILES string of the molecule is CC(NCC(C)C(C)C)c1cc2ccccc2s1. The molecule has 0 aliphatic heterocycles. The molecule has 1 N–H and O–H groups in total. The molecular weight excluding hydrogens is 238 g/mol. The number of benzene rings is 1. The van der Waals surface area contributed by atoms with E-state index in [2.05, 4.69) is 63.3 Å². The number of rotatable bonds is 5. The number of fused-ring (bicyclic) bond motifs is 1. The van der Waals surface area contributed by atoms with E-state index in [-0.39, 0.29) is 0 Å². The molecule has 1 heterocycles. The number of hydrogen-bond acceptors (Lipinski definition) is 2. The molecule has 1 nitrogen and oxygen atoms in total. The molecule has 0 amide bonds. The van der Waals surface area contributed by atoms with Crippen LogP contribution < -0.4 is 5.32 Å². The van der Waals surface area contributed by atoms with Crippen molar-refractivity contribution < 1.29 is 0 Å². The molecular formula is C16H23NS. The third-order valence-corrected chi connectivity index (χ3v) is 5.05. The Hall–Kier alpha value is -0.860. The lowest BCUT2D eigenvalue weighted by Crippen LogP contribution is -2.26. The Labute approximate surface area is 114 Å². The van der Waals surface area contributed by atoms with Crippen LogP contribution >= 0.6 is 11.3 Å². The van der Waals surface area contributed by atoms with Crippen LogP contribution in [0.4, 0.5) is 0 Å². The Kier molecular flexibility index (Phi) is 4.41. The topological polar surface area (TPSA) is 12.0 Å². The van der Waals surface area contributed by atoms with Crippen LogP contribution in [0.15, 0.2) is 30.3 Å². The minimum absolute atomic E-state index is 0.448. The number of hydrogen-bond donors (Lipinski definition) is 1. The van der Waals surface area contributed by atoms with E-state index in [0.29, 0.717) is 6.04 Å². The van der Waals surface area contributed by atoms with E-state index in [1.807, 2.05) is 11.3 Å². The predicted octanol–water partition coefficient (Wildman–Crippen LogP) is 4.84. The van der Waals surface area contributed by atoms with E-state index in [1.165, 1.54) is 15.0 Å². The van der Waals surface area contributed by atoms with Gasteiger partial charge in [0, 0.05) is 15.6 Å². The first kappa shape index (κ1) is 13.6. The zero-order valence-electron chi connectivity index (χ0n) is 11.7. The number of thiophene rings is 1. The van der Waals surface area contributed by atoms with Crippen molar-refractivity contribution in [2.45, 2.75) is 33.7 Å². The van der Waals surface area contributed by atoms with E-state index in [9.17, 15) is 0 Å². The van der Waals surface area contributed by atoms with Crippen molar-refractivity contribution in [3.8, 4) is 0 Å². The van der Waals surface area contributed by atoms with Crippen LogP contribution in [0.5, 0.6) is 0 Å². The van der Waals surface area contributed by atoms with Crippen LogP contribution in [0.25, 0.3) is 10.1 Å². The predicted molar refractivity (Wildman–Crippen MR) is 82.2 cm³/mol. The monoisotopic (exact) mass is 261 g/mol. The Bertz CT molecular complexity index is 468. The Morgan fingerprint density at radius 1 is 1.11 bits per heavy atom. The van der Waals surface area contributed by atoms with Gasteiger partial charge in [-0.15, -0.1) is 11.3 Å². The van der Waals surface area contributed by atoms with Gasteiger partial charge in [-0.25, -0.2) is 0 Å². The minimum Gasteiger partial charge on any atom is -0.309 e. The first-order valence-corrected chi connectivity index (χ1v) is 7.61. The van der Waals surface area contributed by atoms with Crippen molar-refractivity contribution in [2.75, 3.05) is 6.54 Å². The van der Waals surface area contributed by atoms with Crippen LogP contribution in [0.1, 0.15) is 38.6 Å². The molecule has 0 fully saturated rings. The summed E-state index contributed by atoms with van der Waals surface area (Å²) in [6, 6.07) is 11.4. The van der Waals surface area contributed by atoms with E-state index < -0.39 is 0 Å². The fourth-order valence-electron chi connectivity index (χ4n) is 1.91. The Morgan fingerprint density at radius 2 is 1.83 bits per heavy atom. The molecule has 2 heteroatoms. The summed E-state index contributed by atoms with van der Waals surface area (Å²) in [7, 11) is 0. The Morgan fingerprint density at radius 3 is 2.50 bits per heavy atom. The molecule has 98 valence electrons. The summed E-state index contributed by atoms with van der Waals surface area (Å²) >= 11 is 1.90. The lowest BCUT2D eigenvalue weighted by molar-refractivity contribution is 0.377. The minimum atomic E-state index is 0.448. The highest BCUT2D eigenvalue weighted by atomic mass is 32.1. The fraction of sp³-hybridized carbons (Fsp3) is 0.500. The van der Waals surface area contributed by atoms with Gasteiger partial charge in [0.1, 0.15) is 0 Å². The van der Waals surface area contributed by atoms with Crippen LogP contribution in [0.3, 0.4) is 0 Å². The molecule has 0 aliphatic rings. The molecule has 0 radical (unpaired) electrons. The highest BCUT2D eigenvalue weighted by Crippen LogP contribution is 2.29. The summed E-state index contributed by atoms with van der Waals surface area (Å²) in [6.45, 7) is 10.2. The summed E-state index contributed by atoms with van der Waals surface area (Å²) < 4.78 is 1.39. The van der Waals surface area contributed by atoms with Gasteiger partial charge >= 0.3 is 0 Å². The molecule has 2 atom stereocenters. The zero-order chi connectivity index (χ0) is 13.1. The van der Waals surface area contributed by atoms with E-state index in [0.717, 1.165) is 18.4 Å². The lowest BCUT2D eigenvalue weighted by Gasteiger charge is -2.19. The summed E-state index contributed by atoms with van der Waals surface area (Å²) in [6.07, 6.45) is 0. The largest absolute Gasteiger partial charge is 0.309 e. The highest BCUT2D eigenvalue weighted by Gasteiger charge is 2.12. The standard InChI is InChI=1S/C16H23NS/c1-11(2)12(3)10-17-13(4)16-9-14-7-5-6-8-15(14)18-16/h5-9,11-13,17H,10H2,1-4H3. The molecule has 0 spiro atoms. The molecule has 2 aromatic rings. The smallest absolute Gasteiger partial charge is 0.0386 e. The molecule has 0 aliphatic carbocycles.